The number of ether oxygens (including phenoxy) is 1. The van der Waals surface area contributed by atoms with E-state index in [0.717, 1.165) is 36.5 Å². The van der Waals surface area contributed by atoms with Crippen molar-refractivity contribution in [1.29, 1.82) is 0 Å². The minimum Gasteiger partial charge on any atom is -0.478 e. The zero-order valence-electron chi connectivity index (χ0n) is 14.0. The van der Waals surface area contributed by atoms with Crippen LogP contribution in [0.4, 0.5) is 0 Å². The van der Waals surface area contributed by atoms with Crippen molar-refractivity contribution < 1.29 is 19.4 Å². The van der Waals surface area contributed by atoms with Gasteiger partial charge in [-0.25, -0.2) is 14.6 Å². The van der Waals surface area contributed by atoms with E-state index >= 15 is 0 Å². The third kappa shape index (κ3) is 4.05. The summed E-state index contributed by atoms with van der Waals surface area (Å²) in [6, 6.07) is 7.15. The van der Waals surface area contributed by atoms with Crippen LogP contribution in [0.1, 0.15) is 57.2 Å². The molecular weight excluding hydrogens is 340 g/mol. The van der Waals surface area contributed by atoms with E-state index in [9.17, 15) is 9.59 Å². The van der Waals surface area contributed by atoms with Gasteiger partial charge in [0.2, 0.25) is 0 Å². The SMILES string of the molecule is CCOC(=O)c1csc(C2CCCN2Cc2ccc(C(=O)O)cc2)n1. The molecule has 0 saturated carbocycles. The van der Waals surface area contributed by atoms with Gasteiger partial charge < -0.3 is 9.84 Å². The molecule has 2 aromatic rings. The Labute approximate surface area is 150 Å². The van der Waals surface area contributed by atoms with Crippen molar-refractivity contribution in [1.82, 2.24) is 9.88 Å². The topological polar surface area (TPSA) is 79.7 Å². The van der Waals surface area contributed by atoms with Gasteiger partial charge in [0.15, 0.2) is 5.69 Å². The summed E-state index contributed by atoms with van der Waals surface area (Å²) < 4.78 is 5.00. The molecule has 0 bridgehead atoms. The standard InChI is InChI=1S/C18H20N2O4S/c1-2-24-18(23)14-11-25-16(19-14)15-4-3-9-20(15)10-12-5-7-13(8-6-12)17(21)22/h5-8,11,15H,2-4,9-10H2,1H3,(H,21,22). The molecule has 1 saturated heterocycles. The Morgan fingerprint density at radius 3 is 2.80 bits per heavy atom. The zero-order valence-corrected chi connectivity index (χ0v) is 14.8. The molecule has 3 rings (SSSR count). The molecule has 6 nitrogen and oxygen atoms in total. The van der Waals surface area contributed by atoms with Crippen molar-refractivity contribution in [3.05, 3.63) is 51.5 Å². The molecule has 7 heteroatoms. The smallest absolute Gasteiger partial charge is 0.357 e. The molecule has 1 aliphatic heterocycles. The number of benzene rings is 1. The summed E-state index contributed by atoms with van der Waals surface area (Å²) in [7, 11) is 0. The van der Waals surface area contributed by atoms with Gasteiger partial charge in [0.25, 0.3) is 0 Å². The Morgan fingerprint density at radius 1 is 1.36 bits per heavy atom. The molecule has 0 amide bonds. The number of hydrogen-bond donors (Lipinski definition) is 1. The quantitative estimate of drug-likeness (QED) is 0.796. The number of thiazole rings is 1. The number of rotatable bonds is 6. The molecule has 1 unspecified atom stereocenters. The molecule has 1 aromatic heterocycles. The third-order valence-corrected chi connectivity index (χ3v) is 5.19. The van der Waals surface area contributed by atoms with Gasteiger partial charge in [-0.15, -0.1) is 11.3 Å². The van der Waals surface area contributed by atoms with Gasteiger partial charge in [-0.2, -0.15) is 0 Å². The number of carbonyl (C=O) groups is 2. The second-order valence-electron chi connectivity index (χ2n) is 5.92. The van der Waals surface area contributed by atoms with Gasteiger partial charge in [0.05, 0.1) is 18.2 Å². The minimum atomic E-state index is -0.917. The number of hydrogen-bond acceptors (Lipinski definition) is 6. The van der Waals surface area contributed by atoms with Gasteiger partial charge in [-0.05, 0) is 44.0 Å². The lowest BCUT2D eigenvalue weighted by Gasteiger charge is -2.22. The van der Waals surface area contributed by atoms with Crippen molar-refractivity contribution in [2.45, 2.75) is 32.4 Å². The van der Waals surface area contributed by atoms with Crippen molar-refractivity contribution in [2.75, 3.05) is 13.2 Å². The van der Waals surface area contributed by atoms with Crippen LogP contribution in [0.2, 0.25) is 0 Å². The van der Waals surface area contributed by atoms with Crippen molar-refractivity contribution in [3.8, 4) is 0 Å². The number of esters is 1. The van der Waals surface area contributed by atoms with E-state index in [1.807, 2.05) is 12.1 Å². The first kappa shape index (κ1) is 17.6. The third-order valence-electron chi connectivity index (χ3n) is 4.24. The molecule has 0 aliphatic carbocycles. The Kier molecular flexibility index (Phi) is 5.45. The predicted octanol–water partition coefficient (Wildman–Crippen LogP) is 3.36. The van der Waals surface area contributed by atoms with E-state index in [0.29, 0.717) is 17.9 Å². The largest absolute Gasteiger partial charge is 0.478 e. The summed E-state index contributed by atoms with van der Waals surface area (Å²) in [4.78, 5) is 29.5. The molecule has 1 aliphatic rings. The summed E-state index contributed by atoms with van der Waals surface area (Å²) in [5, 5.41) is 11.7. The van der Waals surface area contributed by atoms with E-state index in [2.05, 4.69) is 9.88 Å². The monoisotopic (exact) mass is 360 g/mol. The number of likely N-dealkylation sites (tertiary alicyclic amines) is 1. The highest BCUT2D eigenvalue weighted by Gasteiger charge is 2.29. The highest BCUT2D eigenvalue weighted by molar-refractivity contribution is 7.09. The van der Waals surface area contributed by atoms with Gasteiger partial charge in [0.1, 0.15) is 5.01 Å². The van der Waals surface area contributed by atoms with Gasteiger partial charge in [-0.3, -0.25) is 4.90 Å². The van der Waals surface area contributed by atoms with Crippen LogP contribution in [0.3, 0.4) is 0 Å². The van der Waals surface area contributed by atoms with Crippen LogP contribution in [-0.4, -0.2) is 40.1 Å². The maximum absolute atomic E-state index is 11.8. The highest BCUT2D eigenvalue weighted by Crippen LogP contribution is 2.34. The number of nitrogens with zero attached hydrogens (tertiary/aromatic N) is 2. The molecule has 132 valence electrons. The van der Waals surface area contributed by atoms with Crippen LogP contribution in [0.5, 0.6) is 0 Å². The molecule has 2 heterocycles. The lowest BCUT2D eigenvalue weighted by molar-refractivity contribution is 0.0519. The summed E-state index contributed by atoms with van der Waals surface area (Å²) in [5.41, 5.74) is 1.74. The molecule has 1 atom stereocenters. The number of carboxylic acid groups (broad SMARTS) is 1. The predicted molar refractivity (Wildman–Crippen MR) is 93.9 cm³/mol. The Hall–Kier alpha value is -2.25. The lowest BCUT2D eigenvalue weighted by atomic mass is 10.1. The maximum Gasteiger partial charge on any atom is 0.357 e. The molecular formula is C18H20N2O4S. The summed E-state index contributed by atoms with van der Waals surface area (Å²) in [6.07, 6.45) is 2.08. The van der Waals surface area contributed by atoms with Crippen LogP contribution in [-0.2, 0) is 11.3 Å². The van der Waals surface area contributed by atoms with E-state index in [1.165, 1.54) is 11.3 Å². The Bertz CT molecular complexity index is 757. The molecule has 1 aromatic carbocycles. The van der Waals surface area contributed by atoms with Gasteiger partial charge in [0, 0.05) is 11.9 Å². The van der Waals surface area contributed by atoms with Crippen molar-refractivity contribution in [2.24, 2.45) is 0 Å². The average Bonchev–Trinajstić information content (AvgIpc) is 3.24. The number of aromatic carboxylic acids is 1. The summed E-state index contributed by atoms with van der Waals surface area (Å²) in [6.45, 7) is 3.81. The molecule has 1 fully saturated rings. The van der Waals surface area contributed by atoms with Crippen LogP contribution < -0.4 is 0 Å². The first-order valence-electron chi connectivity index (χ1n) is 8.27. The highest BCUT2D eigenvalue weighted by atomic mass is 32.1. The Morgan fingerprint density at radius 2 is 2.12 bits per heavy atom. The normalized spacial score (nSPS) is 17.6. The maximum atomic E-state index is 11.8. The number of aromatic nitrogens is 1. The first-order valence-corrected chi connectivity index (χ1v) is 9.15. The Balaban J connectivity index is 1.70. The number of carboxylic acids is 1. The fourth-order valence-electron chi connectivity index (χ4n) is 3.02. The lowest BCUT2D eigenvalue weighted by Crippen LogP contribution is -2.22. The second kappa shape index (κ2) is 7.76. The van der Waals surface area contributed by atoms with Crippen molar-refractivity contribution in [3.63, 3.8) is 0 Å². The van der Waals surface area contributed by atoms with Crippen LogP contribution in [0.15, 0.2) is 29.6 Å². The van der Waals surface area contributed by atoms with E-state index in [1.54, 1.807) is 24.4 Å². The van der Waals surface area contributed by atoms with E-state index in [-0.39, 0.29) is 12.0 Å². The fraction of sp³-hybridized carbons (Fsp3) is 0.389. The second-order valence-corrected chi connectivity index (χ2v) is 6.81. The average molecular weight is 360 g/mol. The molecule has 25 heavy (non-hydrogen) atoms. The van der Waals surface area contributed by atoms with Crippen LogP contribution in [0, 0.1) is 0 Å². The molecule has 0 radical (unpaired) electrons. The van der Waals surface area contributed by atoms with Crippen LogP contribution in [0.25, 0.3) is 0 Å². The zero-order chi connectivity index (χ0) is 17.8. The summed E-state index contributed by atoms with van der Waals surface area (Å²) in [5.74, 6) is -1.29. The molecule has 1 N–H and O–H groups in total. The van der Waals surface area contributed by atoms with E-state index < -0.39 is 5.97 Å². The van der Waals surface area contributed by atoms with E-state index in [4.69, 9.17) is 9.84 Å². The summed E-state index contributed by atoms with van der Waals surface area (Å²) >= 11 is 1.49. The van der Waals surface area contributed by atoms with Gasteiger partial charge in [-0.1, -0.05) is 12.1 Å². The van der Waals surface area contributed by atoms with Crippen LogP contribution >= 0.6 is 11.3 Å². The molecule has 0 spiro atoms. The minimum absolute atomic E-state index is 0.187. The first-order chi connectivity index (χ1) is 12.1. The number of carbonyl (C=O) groups excluding carboxylic acids is 1. The fourth-order valence-corrected chi connectivity index (χ4v) is 3.98. The van der Waals surface area contributed by atoms with Gasteiger partial charge >= 0.3 is 11.9 Å². The van der Waals surface area contributed by atoms with Crippen molar-refractivity contribution >= 4 is 23.3 Å².